The average molecular weight is 605 g/mol. The highest BCUT2D eigenvalue weighted by molar-refractivity contribution is 6.01. The molecular weight excluding hydrogens is 572 g/mol. The van der Waals surface area contributed by atoms with Gasteiger partial charge in [0.2, 0.25) is 11.8 Å². The summed E-state index contributed by atoms with van der Waals surface area (Å²) in [5.41, 5.74) is -0.787. The molecule has 230 valence electrons. The van der Waals surface area contributed by atoms with Crippen LogP contribution >= 0.6 is 0 Å². The Morgan fingerprint density at radius 1 is 1.21 bits per heavy atom. The lowest BCUT2D eigenvalue weighted by atomic mass is 10.0. The van der Waals surface area contributed by atoms with Gasteiger partial charge in [-0.2, -0.15) is 18.2 Å². The molecule has 43 heavy (non-hydrogen) atoms. The minimum Gasteiger partial charge on any atom is -0.479 e. The van der Waals surface area contributed by atoms with Gasteiger partial charge in [-0.05, 0) is 32.3 Å². The first-order chi connectivity index (χ1) is 20.4. The molecule has 15 heteroatoms. The Labute approximate surface area is 246 Å². The van der Waals surface area contributed by atoms with Gasteiger partial charge in [0.25, 0.3) is 0 Å². The summed E-state index contributed by atoms with van der Waals surface area (Å²) >= 11 is 0. The summed E-state index contributed by atoms with van der Waals surface area (Å²) in [5.74, 6) is -0.710. The van der Waals surface area contributed by atoms with Gasteiger partial charge >= 0.3 is 6.18 Å². The second-order valence-corrected chi connectivity index (χ2v) is 9.89. The number of carbonyl (C=O) groups is 1. The van der Waals surface area contributed by atoms with Crippen molar-refractivity contribution in [1.29, 1.82) is 0 Å². The Bertz CT molecular complexity index is 1470. The van der Waals surface area contributed by atoms with Crippen molar-refractivity contribution in [2.75, 3.05) is 68.5 Å². The second kappa shape index (κ2) is 13.2. The van der Waals surface area contributed by atoms with Crippen LogP contribution in [0.25, 0.3) is 0 Å². The zero-order chi connectivity index (χ0) is 31.3. The SMILES string of the molecule is C=CC(=O)Nc1cc(Nc2cc(N3OCC[C@@H]3c3cccc(C(F)(F)F)c3F)ncn2)c(OC)nc1N(C)CCN(C)C. The number of rotatable bonds is 11. The number of anilines is 5. The van der Waals surface area contributed by atoms with E-state index < -0.39 is 29.5 Å². The van der Waals surface area contributed by atoms with Crippen molar-refractivity contribution in [1.82, 2.24) is 19.9 Å². The van der Waals surface area contributed by atoms with Crippen LogP contribution in [0.2, 0.25) is 0 Å². The number of pyridine rings is 1. The highest BCUT2D eigenvalue weighted by Gasteiger charge is 2.38. The number of hydroxylamine groups is 1. The molecule has 0 aliphatic carbocycles. The van der Waals surface area contributed by atoms with Crippen molar-refractivity contribution < 1.29 is 31.9 Å². The van der Waals surface area contributed by atoms with Crippen molar-refractivity contribution in [3.63, 3.8) is 0 Å². The van der Waals surface area contributed by atoms with E-state index in [2.05, 4.69) is 32.2 Å². The second-order valence-electron chi connectivity index (χ2n) is 9.89. The molecule has 1 saturated heterocycles. The number of nitrogens with one attached hydrogen (secondary N) is 2. The molecule has 3 aromatic rings. The van der Waals surface area contributed by atoms with E-state index in [0.29, 0.717) is 29.8 Å². The van der Waals surface area contributed by atoms with Gasteiger partial charge in [-0.15, -0.1) is 0 Å². The maximum Gasteiger partial charge on any atom is 0.419 e. The van der Waals surface area contributed by atoms with Gasteiger partial charge in [0.05, 0.1) is 31.0 Å². The summed E-state index contributed by atoms with van der Waals surface area (Å²) in [6.07, 6.45) is -2.25. The van der Waals surface area contributed by atoms with Crippen molar-refractivity contribution in [3.05, 3.63) is 66.3 Å². The van der Waals surface area contributed by atoms with Crippen LogP contribution < -0.4 is 25.3 Å². The third-order valence-electron chi connectivity index (χ3n) is 6.59. The standard InChI is InChI=1S/C28H32F4N8O3/c1-6-24(41)36-19-14-20(27(42-5)37-26(19)39(4)12-11-38(2)3)35-22-15-23(34-16-33-22)40-21(10-13-43-40)17-8-7-9-18(25(17)29)28(30,31)32/h6-9,14-16,21H,1,10-13H2,2-5H3,(H,36,41)(H,33,34,35)/t21-/m1/s1. The average Bonchev–Trinajstić information content (AvgIpc) is 3.45. The fourth-order valence-electron chi connectivity index (χ4n) is 4.43. The molecule has 0 saturated carbocycles. The van der Waals surface area contributed by atoms with E-state index in [1.165, 1.54) is 30.6 Å². The number of hydrogen-bond donors (Lipinski definition) is 2. The maximum atomic E-state index is 15.0. The van der Waals surface area contributed by atoms with Gasteiger partial charge in [0.15, 0.2) is 11.6 Å². The van der Waals surface area contributed by atoms with Crippen molar-refractivity contribution in [2.24, 2.45) is 0 Å². The lowest BCUT2D eigenvalue weighted by Crippen LogP contribution is -2.30. The number of nitrogens with zero attached hydrogens (tertiary/aromatic N) is 6. The van der Waals surface area contributed by atoms with E-state index in [1.807, 2.05) is 30.9 Å². The molecule has 0 bridgehead atoms. The molecule has 1 aliphatic rings. The number of carbonyl (C=O) groups excluding carboxylic acids is 1. The fraction of sp³-hybridized carbons (Fsp3) is 0.357. The lowest BCUT2D eigenvalue weighted by Gasteiger charge is -2.25. The normalized spacial score (nSPS) is 15.0. The zero-order valence-electron chi connectivity index (χ0n) is 24.1. The number of ether oxygens (including phenoxy) is 1. The van der Waals surface area contributed by atoms with E-state index in [1.54, 1.807) is 6.07 Å². The van der Waals surface area contributed by atoms with E-state index in [0.717, 1.165) is 18.7 Å². The first kappa shape index (κ1) is 31.4. The van der Waals surface area contributed by atoms with Crippen LogP contribution in [0.15, 0.2) is 49.3 Å². The van der Waals surface area contributed by atoms with Gasteiger partial charge < -0.3 is 25.2 Å². The number of hydrogen-bond acceptors (Lipinski definition) is 10. The number of halogens is 4. The van der Waals surface area contributed by atoms with E-state index in [-0.39, 0.29) is 36.1 Å². The Morgan fingerprint density at radius 2 is 1.98 bits per heavy atom. The van der Waals surface area contributed by atoms with E-state index >= 15 is 0 Å². The minimum atomic E-state index is -4.84. The molecule has 11 nitrogen and oxygen atoms in total. The van der Waals surface area contributed by atoms with E-state index in [4.69, 9.17) is 9.57 Å². The molecule has 2 aromatic heterocycles. The summed E-state index contributed by atoms with van der Waals surface area (Å²) in [7, 11) is 7.16. The molecule has 0 spiro atoms. The van der Waals surface area contributed by atoms with Gasteiger partial charge in [0.1, 0.15) is 23.6 Å². The molecule has 3 heterocycles. The summed E-state index contributed by atoms with van der Waals surface area (Å²) in [6.45, 7) is 4.97. The van der Waals surface area contributed by atoms with Crippen LogP contribution in [0.1, 0.15) is 23.6 Å². The Hall–Kier alpha value is -4.50. The van der Waals surface area contributed by atoms with Gasteiger partial charge in [-0.3, -0.25) is 9.63 Å². The Kier molecular flexibility index (Phi) is 9.66. The minimum absolute atomic E-state index is 0.139. The first-order valence-corrected chi connectivity index (χ1v) is 13.2. The van der Waals surface area contributed by atoms with Crippen LogP contribution in [0.5, 0.6) is 5.88 Å². The summed E-state index contributed by atoms with van der Waals surface area (Å²) in [4.78, 5) is 34.8. The molecule has 2 N–H and O–H groups in total. The first-order valence-electron chi connectivity index (χ1n) is 13.2. The maximum absolute atomic E-state index is 15.0. The lowest BCUT2D eigenvalue weighted by molar-refractivity contribution is -0.140. The smallest absolute Gasteiger partial charge is 0.419 e. The number of benzene rings is 1. The molecule has 0 radical (unpaired) electrons. The highest BCUT2D eigenvalue weighted by Crippen LogP contribution is 2.40. The van der Waals surface area contributed by atoms with Gasteiger partial charge in [-0.25, -0.2) is 19.4 Å². The predicted molar refractivity (Wildman–Crippen MR) is 154 cm³/mol. The largest absolute Gasteiger partial charge is 0.479 e. The number of methoxy groups -OCH3 is 1. The molecule has 1 aromatic carbocycles. The summed E-state index contributed by atoms with van der Waals surface area (Å²) in [5, 5.41) is 7.11. The highest BCUT2D eigenvalue weighted by atomic mass is 19.4. The molecule has 0 unspecified atom stereocenters. The number of alkyl halides is 3. The Morgan fingerprint density at radius 3 is 2.65 bits per heavy atom. The van der Waals surface area contributed by atoms with E-state index in [9.17, 15) is 22.4 Å². The summed E-state index contributed by atoms with van der Waals surface area (Å²) in [6, 6.07) is 5.41. The van der Waals surface area contributed by atoms with Crippen LogP contribution in [0.3, 0.4) is 0 Å². The molecule has 1 atom stereocenters. The van der Waals surface area contributed by atoms with Crippen molar-refractivity contribution in [3.8, 4) is 5.88 Å². The van der Waals surface area contributed by atoms with Crippen LogP contribution in [0, 0.1) is 5.82 Å². The van der Waals surface area contributed by atoms with Crippen LogP contribution in [-0.2, 0) is 15.8 Å². The van der Waals surface area contributed by atoms with Crippen molar-refractivity contribution in [2.45, 2.75) is 18.6 Å². The summed E-state index contributed by atoms with van der Waals surface area (Å²) < 4.78 is 60.6. The molecule has 4 rings (SSSR count). The third-order valence-corrected chi connectivity index (χ3v) is 6.59. The van der Waals surface area contributed by atoms with Gasteiger partial charge in [-0.1, -0.05) is 18.7 Å². The number of aromatic nitrogens is 3. The van der Waals surface area contributed by atoms with Gasteiger partial charge in [0, 0.05) is 38.2 Å². The number of likely N-dealkylation sites (N-methyl/N-ethyl adjacent to an activating group) is 2. The van der Waals surface area contributed by atoms with Crippen LogP contribution in [0.4, 0.5) is 46.4 Å². The zero-order valence-corrected chi connectivity index (χ0v) is 24.1. The molecule has 1 aliphatic heterocycles. The fourth-order valence-corrected chi connectivity index (χ4v) is 4.43. The quantitative estimate of drug-likeness (QED) is 0.234. The topological polar surface area (TPSA) is 108 Å². The molecule has 1 amide bonds. The van der Waals surface area contributed by atoms with Crippen LogP contribution in [-0.4, -0.2) is 73.7 Å². The molecule has 1 fully saturated rings. The molecular formula is C28H32F4N8O3. The predicted octanol–water partition coefficient (Wildman–Crippen LogP) is 4.79. The third kappa shape index (κ3) is 7.29. The number of amides is 1. The Balaban J connectivity index is 1.66. The monoisotopic (exact) mass is 604 g/mol. The van der Waals surface area contributed by atoms with Crippen molar-refractivity contribution >= 4 is 34.7 Å².